The van der Waals surface area contributed by atoms with Crippen LogP contribution < -0.4 is 54.0 Å². The van der Waals surface area contributed by atoms with Crippen LogP contribution in [0, 0.1) is 23.7 Å². The Balaban J connectivity index is 1.61. The molecule has 14 N–H and O–H groups in total. The summed E-state index contributed by atoms with van der Waals surface area (Å²) in [6, 6.07) is -0.108. The lowest BCUT2D eigenvalue weighted by Crippen LogP contribution is -2.62. The van der Waals surface area contributed by atoms with Gasteiger partial charge in [0.2, 0.25) is 59.1 Å². The number of fused-ring (bicyclic) bond motifs is 2. The van der Waals surface area contributed by atoms with Crippen LogP contribution in [0.2, 0.25) is 0 Å². The molecule has 10 atom stereocenters. The average Bonchev–Trinajstić information content (AvgIpc) is 4.05. The fourth-order valence-electron chi connectivity index (χ4n) is 11.3. The zero-order valence-electron chi connectivity index (χ0n) is 51.5. The van der Waals surface area contributed by atoms with Gasteiger partial charge in [0.25, 0.3) is 0 Å². The van der Waals surface area contributed by atoms with Crippen LogP contribution in [-0.2, 0) is 60.8 Å². The molecule has 24 heteroatoms. The van der Waals surface area contributed by atoms with E-state index in [1.807, 2.05) is 27.7 Å². The minimum absolute atomic E-state index is 0.0326. The predicted octanol–water partition coefficient (Wildman–Crippen LogP) is 1.42. The van der Waals surface area contributed by atoms with Gasteiger partial charge in [0, 0.05) is 25.9 Å². The molecule has 0 spiro atoms. The molecule has 3 heterocycles. The van der Waals surface area contributed by atoms with E-state index in [2.05, 4.69) is 42.5 Å². The summed E-state index contributed by atoms with van der Waals surface area (Å²) in [5.41, 5.74) is 12.8. The summed E-state index contributed by atoms with van der Waals surface area (Å²) in [6.07, 6.45) is 3.19. The maximum Gasteiger partial charge on any atom is 0.246 e. The Morgan fingerprint density at radius 1 is 0.419 bits per heavy atom. The van der Waals surface area contributed by atoms with Crippen LogP contribution in [0.5, 0.6) is 11.5 Å². The van der Waals surface area contributed by atoms with Crippen LogP contribution in [-0.4, -0.2) is 166 Å². The van der Waals surface area contributed by atoms with Gasteiger partial charge in [-0.2, -0.15) is 0 Å². The Hall–Kier alpha value is -7.34. The van der Waals surface area contributed by atoms with Gasteiger partial charge in [0.05, 0.1) is 0 Å². The molecule has 0 aliphatic carbocycles. The van der Waals surface area contributed by atoms with E-state index in [-0.39, 0.29) is 101 Å². The van der Waals surface area contributed by atoms with Gasteiger partial charge in [-0.3, -0.25) is 47.9 Å². The summed E-state index contributed by atoms with van der Waals surface area (Å²) in [5, 5.41) is 43.0. The Morgan fingerprint density at radius 2 is 0.733 bits per heavy atom. The number of carbonyl (C=O) groups excluding carboxylic acids is 10. The van der Waals surface area contributed by atoms with Crippen molar-refractivity contribution < 1.29 is 58.2 Å². The number of amides is 10. The topological polar surface area (TPSA) is 366 Å². The highest BCUT2D eigenvalue weighted by Crippen LogP contribution is 2.24. The molecule has 24 nitrogen and oxygen atoms in total. The Bertz CT molecular complexity index is 2460. The monoisotopic (exact) mass is 1200 g/mol. The molecule has 0 radical (unpaired) electrons. The first-order chi connectivity index (χ1) is 40.8. The summed E-state index contributed by atoms with van der Waals surface area (Å²) in [5.74, 6) is -8.33. The third kappa shape index (κ3) is 20.4. The van der Waals surface area contributed by atoms with E-state index in [1.165, 1.54) is 34.1 Å². The van der Waals surface area contributed by atoms with Crippen molar-refractivity contribution in [1.29, 1.82) is 0 Å². The van der Waals surface area contributed by atoms with Gasteiger partial charge in [0.1, 0.15) is 71.9 Å². The molecule has 2 aromatic rings. The third-order valence-corrected chi connectivity index (χ3v) is 16.0. The average molecular weight is 1200 g/mol. The number of rotatable bonds is 18. The molecule has 10 amide bonds. The number of nitrogens with two attached hydrogens (primary N) is 2. The molecule has 0 bridgehead atoms. The van der Waals surface area contributed by atoms with Gasteiger partial charge < -0.3 is 74.0 Å². The SMILES string of the molecule is CC(C)C[C@@H]1NC(=O)[C@H](CCCCN)NC(=O)[C@H](C(C)C)NC(=O)[C@@H]2CCCN2C(=O)[C@H](Cc2ccc(O)cc2)NC(=O)[C@H](CC(C)C)NC(=O)[C@H](CCCCN)NC(=O)[C@H](C(C)C)NC(=O)[C@@H]2CCCN2C(=O)[C@H](Cc2ccc(O)cc2)NC1=O. The van der Waals surface area contributed by atoms with Crippen molar-refractivity contribution >= 4 is 59.1 Å². The number of phenolic OH excluding ortho intramolecular Hbond substituents is 2. The lowest BCUT2D eigenvalue weighted by molar-refractivity contribution is -0.143. The molecule has 2 aromatic carbocycles. The minimum Gasteiger partial charge on any atom is -0.508 e. The molecule has 476 valence electrons. The smallest absolute Gasteiger partial charge is 0.246 e. The van der Waals surface area contributed by atoms with Gasteiger partial charge in [-0.25, -0.2) is 0 Å². The van der Waals surface area contributed by atoms with E-state index in [0.29, 0.717) is 49.7 Å². The van der Waals surface area contributed by atoms with Gasteiger partial charge in [-0.15, -0.1) is 0 Å². The quantitative estimate of drug-likeness (QED) is 0.0940. The number of hydrogen-bond donors (Lipinski definition) is 12. The van der Waals surface area contributed by atoms with Crippen molar-refractivity contribution in [3.8, 4) is 11.5 Å². The van der Waals surface area contributed by atoms with Gasteiger partial charge >= 0.3 is 0 Å². The number of aromatic hydroxyl groups is 2. The second-order valence-electron chi connectivity index (χ2n) is 24.8. The van der Waals surface area contributed by atoms with Crippen molar-refractivity contribution in [1.82, 2.24) is 52.3 Å². The molecular weight excluding hydrogens is 1100 g/mol. The first-order valence-corrected chi connectivity index (χ1v) is 30.8. The third-order valence-electron chi connectivity index (χ3n) is 16.0. The highest BCUT2D eigenvalue weighted by Gasteiger charge is 2.43. The van der Waals surface area contributed by atoms with Gasteiger partial charge in [-0.05, 0) is 149 Å². The first kappa shape index (κ1) is 69.4. The number of benzene rings is 2. The van der Waals surface area contributed by atoms with Gasteiger partial charge in [-0.1, -0.05) is 79.7 Å². The number of carbonyl (C=O) groups is 10. The predicted molar refractivity (Wildman–Crippen MR) is 323 cm³/mol. The van der Waals surface area contributed by atoms with Crippen molar-refractivity contribution in [3.05, 3.63) is 59.7 Å². The van der Waals surface area contributed by atoms with E-state index in [0.717, 1.165) is 0 Å². The Kier molecular flexibility index (Phi) is 27.1. The standard InChI is InChI=1S/C62H96N12O12/c1-35(2)31-45-55(79)69-47(33-39-19-23-41(75)24-20-39)61(85)73-29-13-17-49(73)57(81)72-52(38(7)8)60(84)66-44(16-10-12-28-64)54(78)68-46(32-36(3)4)56(80)70-48(34-40-21-25-42(76)26-22-40)62(86)74-30-14-18-50(74)58(82)71-51(37(5)6)59(83)65-43(53(77)67-45)15-9-11-27-63/h19-26,35-38,43-52,75-76H,9-18,27-34,63-64H2,1-8H3,(H,65,83)(H,66,84)(H,67,77)(H,68,78)(H,69,79)(H,70,80)(H,71,82)(H,72,81)/t43-,44-,45-,46-,47-,48-,49-,50-,51-,52-/m0/s1. The summed E-state index contributed by atoms with van der Waals surface area (Å²) >= 11 is 0. The molecule has 3 aliphatic heterocycles. The van der Waals surface area contributed by atoms with Crippen LogP contribution in [0.3, 0.4) is 0 Å². The number of hydrogen-bond acceptors (Lipinski definition) is 14. The van der Waals surface area contributed by atoms with E-state index >= 15 is 0 Å². The van der Waals surface area contributed by atoms with Crippen molar-refractivity contribution in [2.24, 2.45) is 35.1 Å². The van der Waals surface area contributed by atoms with E-state index in [1.54, 1.807) is 52.0 Å². The summed E-state index contributed by atoms with van der Waals surface area (Å²) in [4.78, 5) is 149. The number of nitrogens with one attached hydrogen (secondary N) is 8. The molecule has 0 aromatic heterocycles. The lowest BCUT2D eigenvalue weighted by atomic mass is 9.98. The number of unbranched alkanes of at least 4 members (excludes halogenated alkanes) is 2. The Labute approximate surface area is 506 Å². The highest BCUT2D eigenvalue weighted by atomic mass is 16.3. The largest absolute Gasteiger partial charge is 0.508 e. The molecule has 0 saturated carbocycles. The number of nitrogens with zero attached hydrogens (tertiary/aromatic N) is 2. The van der Waals surface area contributed by atoms with Crippen LogP contribution in [0.15, 0.2) is 48.5 Å². The van der Waals surface area contributed by atoms with Crippen molar-refractivity contribution in [2.45, 2.75) is 206 Å². The minimum atomic E-state index is -1.31. The molecule has 86 heavy (non-hydrogen) atoms. The molecule has 3 aliphatic rings. The lowest BCUT2D eigenvalue weighted by Gasteiger charge is -2.33. The molecule has 3 saturated heterocycles. The van der Waals surface area contributed by atoms with Crippen LogP contribution in [0.4, 0.5) is 0 Å². The zero-order valence-corrected chi connectivity index (χ0v) is 51.5. The summed E-state index contributed by atoms with van der Waals surface area (Å²) in [6.45, 7) is 15.0. The zero-order chi connectivity index (χ0) is 63.4. The van der Waals surface area contributed by atoms with E-state index in [4.69, 9.17) is 11.5 Å². The number of phenols is 2. The molecular formula is C62H96N12O12. The fraction of sp³-hybridized carbons (Fsp3) is 0.645. The van der Waals surface area contributed by atoms with Crippen molar-refractivity contribution in [3.63, 3.8) is 0 Å². The molecule has 0 unspecified atom stereocenters. The van der Waals surface area contributed by atoms with Crippen molar-refractivity contribution in [2.75, 3.05) is 26.2 Å². The Morgan fingerprint density at radius 3 is 1.05 bits per heavy atom. The van der Waals surface area contributed by atoms with E-state index < -0.39 is 131 Å². The maximum atomic E-state index is 15.0. The molecule has 3 fully saturated rings. The fourth-order valence-corrected chi connectivity index (χ4v) is 11.3. The van der Waals surface area contributed by atoms with Gasteiger partial charge in [0.15, 0.2) is 0 Å². The summed E-state index contributed by atoms with van der Waals surface area (Å²) in [7, 11) is 0. The van der Waals surface area contributed by atoms with Crippen LogP contribution >= 0.6 is 0 Å². The van der Waals surface area contributed by atoms with E-state index in [9.17, 15) is 58.2 Å². The normalized spacial score (nSPS) is 25.9. The second-order valence-corrected chi connectivity index (χ2v) is 24.8. The maximum absolute atomic E-state index is 15.0. The second kappa shape index (κ2) is 33.5. The highest BCUT2D eigenvalue weighted by molar-refractivity contribution is 6.00. The van der Waals surface area contributed by atoms with Crippen LogP contribution in [0.1, 0.15) is 144 Å². The first-order valence-electron chi connectivity index (χ1n) is 30.8. The molecule has 5 rings (SSSR count). The summed E-state index contributed by atoms with van der Waals surface area (Å²) < 4.78 is 0. The van der Waals surface area contributed by atoms with Crippen LogP contribution in [0.25, 0.3) is 0 Å².